The Bertz CT molecular complexity index is 1240. The quantitative estimate of drug-likeness (QED) is 0.588. The SMILES string of the molecule is Cc1ccc(Cn2ccc3ccc(-c4cc(C)[nH]c(=O)c4C#N)cc32)cc1. The standard InChI is InChI=1S/C23H19N3O/c1-15-3-5-17(6-4-15)14-26-10-9-18-7-8-19(12-22(18)26)20-11-16(2)25-23(27)21(20)13-24/h3-12H,14H2,1-2H3,(H,25,27). The third kappa shape index (κ3) is 3.16. The average Bonchev–Trinajstić information content (AvgIpc) is 3.05. The summed E-state index contributed by atoms with van der Waals surface area (Å²) in [7, 11) is 0. The third-order valence-corrected chi connectivity index (χ3v) is 4.84. The van der Waals surface area contributed by atoms with E-state index in [1.165, 1.54) is 11.1 Å². The highest BCUT2D eigenvalue weighted by atomic mass is 16.1. The molecule has 4 rings (SSSR count). The van der Waals surface area contributed by atoms with Crippen LogP contribution in [0, 0.1) is 25.2 Å². The van der Waals surface area contributed by atoms with E-state index in [0.29, 0.717) is 5.56 Å². The zero-order valence-electron chi connectivity index (χ0n) is 15.3. The Morgan fingerprint density at radius 2 is 1.81 bits per heavy atom. The second-order valence-corrected chi connectivity index (χ2v) is 6.88. The van der Waals surface area contributed by atoms with Crippen LogP contribution in [0.1, 0.15) is 22.4 Å². The first-order chi connectivity index (χ1) is 13.0. The first kappa shape index (κ1) is 16.9. The molecule has 0 saturated heterocycles. The molecule has 0 aliphatic carbocycles. The van der Waals surface area contributed by atoms with Gasteiger partial charge in [0.2, 0.25) is 0 Å². The zero-order chi connectivity index (χ0) is 19.0. The second kappa shape index (κ2) is 6.62. The maximum Gasteiger partial charge on any atom is 0.266 e. The lowest BCUT2D eigenvalue weighted by Crippen LogP contribution is -2.12. The first-order valence-electron chi connectivity index (χ1n) is 8.84. The topological polar surface area (TPSA) is 61.6 Å². The fourth-order valence-electron chi connectivity index (χ4n) is 3.41. The molecule has 2 aromatic carbocycles. The number of nitriles is 1. The van der Waals surface area contributed by atoms with Crippen molar-refractivity contribution in [2.75, 3.05) is 0 Å². The lowest BCUT2D eigenvalue weighted by molar-refractivity contribution is 0.836. The maximum atomic E-state index is 12.1. The molecule has 27 heavy (non-hydrogen) atoms. The largest absolute Gasteiger partial charge is 0.343 e. The predicted octanol–water partition coefficient (Wildman–Crippen LogP) is 4.53. The van der Waals surface area contributed by atoms with Crippen molar-refractivity contribution in [3.05, 3.63) is 93.5 Å². The lowest BCUT2D eigenvalue weighted by atomic mass is 10.00. The summed E-state index contributed by atoms with van der Waals surface area (Å²) in [4.78, 5) is 14.8. The molecule has 0 spiro atoms. The maximum absolute atomic E-state index is 12.1. The number of H-pyrrole nitrogens is 1. The van der Waals surface area contributed by atoms with Gasteiger partial charge in [0.15, 0.2) is 0 Å². The highest BCUT2D eigenvalue weighted by Crippen LogP contribution is 2.27. The van der Waals surface area contributed by atoms with Crippen molar-refractivity contribution in [2.24, 2.45) is 0 Å². The van der Waals surface area contributed by atoms with E-state index in [-0.39, 0.29) is 11.1 Å². The van der Waals surface area contributed by atoms with Crippen molar-refractivity contribution in [1.29, 1.82) is 5.26 Å². The molecule has 0 bridgehead atoms. The summed E-state index contributed by atoms with van der Waals surface area (Å²) in [6, 6.07) is 20.5. The van der Waals surface area contributed by atoms with E-state index >= 15 is 0 Å². The molecule has 1 N–H and O–H groups in total. The molecule has 0 atom stereocenters. The molecule has 0 unspecified atom stereocenters. The average molecular weight is 353 g/mol. The van der Waals surface area contributed by atoms with Gasteiger partial charge in [0.1, 0.15) is 11.6 Å². The van der Waals surface area contributed by atoms with Crippen molar-refractivity contribution >= 4 is 10.9 Å². The summed E-state index contributed by atoms with van der Waals surface area (Å²) in [6.45, 7) is 4.68. The van der Waals surface area contributed by atoms with Gasteiger partial charge in [-0.1, -0.05) is 42.0 Å². The Kier molecular flexibility index (Phi) is 4.13. The van der Waals surface area contributed by atoms with Crippen molar-refractivity contribution in [3.8, 4) is 17.2 Å². The van der Waals surface area contributed by atoms with Crippen LogP contribution in [-0.4, -0.2) is 9.55 Å². The number of benzene rings is 2. The van der Waals surface area contributed by atoms with Crippen LogP contribution >= 0.6 is 0 Å². The van der Waals surface area contributed by atoms with Gasteiger partial charge in [-0.05, 0) is 48.6 Å². The van der Waals surface area contributed by atoms with Gasteiger partial charge >= 0.3 is 0 Å². The summed E-state index contributed by atoms with van der Waals surface area (Å²) in [5.74, 6) is 0. The number of aromatic amines is 1. The number of nitrogens with one attached hydrogen (secondary N) is 1. The highest BCUT2D eigenvalue weighted by Gasteiger charge is 2.12. The van der Waals surface area contributed by atoms with Crippen LogP contribution in [0.5, 0.6) is 0 Å². The molecule has 0 amide bonds. The number of hydrogen-bond donors (Lipinski definition) is 1. The van der Waals surface area contributed by atoms with Gasteiger partial charge in [-0.25, -0.2) is 0 Å². The van der Waals surface area contributed by atoms with Gasteiger partial charge in [0, 0.05) is 29.5 Å². The molecular weight excluding hydrogens is 334 g/mol. The van der Waals surface area contributed by atoms with Crippen LogP contribution < -0.4 is 5.56 Å². The minimum absolute atomic E-state index is 0.150. The second-order valence-electron chi connectivity index (χ2n) is 6.88. The minimum atomic E-state index is -0.345. The molecule has 2 heterocycles. The van der Waals surface area contributed by atoms with E-state index < -0.39 is 0 Å². The van der Waals surface area contributed by atoms with Gasteiger partial charge < -0.3 is 9.55 Å². The molecule has 0 radical (unpaired) electrons. The summed E-state index contributed by atoms with van der Waals surface area (Å²) in [5.41, 5.74) is 5.64. The van der Waals surface area contributed by atoms with Crippen LogP contribution in [0.4, 0.5) is 0 Å². The fraction of sp³-hybridized carbons (Fsp3) is 0.130. The van der Waals surface area contributed by atoms with Crippen molar-refractivity contribution in [2.45, 2.75) is 20.4 Å². The van der Waals surface area contributed by atoms with E-state index in [1.54, 1.807) is 0 Å². The summed E-state index contributed by atoms with van der Waals surface area (Å²) in [6.07, 6.45) is 2.07. The highest BCUT2D eigenvalue weighted by molar-refractivity contribution is 5.86. The zero-order valence-corrected chi connectivity index (χ0v) is 15.3. The first-order valence-corrected chi connectivity index (χ1v) is 8.84. The van der Waals surface area contributed by atoms with Crippen LogP contribution in [0.15, 0.2) is 65.6 Å². The minimum Gasteiger partial charge on any atom is -0.343 e. The number of pyridine rings is 1. The summed E-state index contributed by atoms with van der Waals surface area (Å²) in [5, 5.41) is 10.6. The number of rotatable bonds is 3. The lowest BCUT2D eigenvalue weighted by Gasteiger charge is -2.09. The molecular formula is C23H19N3O. The summed E-state index contributed by atoms with van der Waals surface area (Å²) >= 11 is 0. The van der Waals surface area contributed by atoms with Crippen molar-refractivity contribution in [3.63, 3.8) is 0 Å². The van der Waals surface area contributed by atoms with E-state index in [4.69, 9.17) is 0 Å². The molecule has 0 saturated carbocycles. The fourth-order valence-corrected chi connectivity index (χ4v) is 3.41. The number of hydrogen-bond acceptors (Lipinski definition) is 2. The molecule has 4 nitrogen and oxygen atoms in total. The normalized spacial score (nSPS) is 10.9. The Morgan fingerprint density at radius 1 is 1.04 bits per heavy atom. The predicted molar refractivity (Wildman–Crippen MR) is 108 cm³/mol. The monoisotopic (exact) mass is 353 g/mol. The molecule has 0 fully saturated rings. The summed E-state index contributed by atoms with van der Waals surface area (Å²) < 4.78 is 2.19. The van der Waals surface area contributed by atoms with E-state index in [9.17, 15) is 10.1 Å². The smallest absolute Gasteiger partial charge is 0.266 e. The molecule has 0 aliphatic rings. The molecule has 2 aromatic heterocycles. The number of aromatic nitrogens is 2. The molecule has 4 heteroatoms. The Hall–Kier alpha value is -3.58. The van der Waals surface area contributed by atoms with Gasteiger partial charge in [0.25, 0.3) is 5.56 Å². The van der Waals surface area contributed by atoms with E-state index in [2.05, 4.69) is 59.1 Å². The number of fused-ring (bicyclic) bond motifs is 1. The molecule has 4 aromatic rings. The van der Waals surface area contributed by atoms with E-state index in [1.807, 2.05) is 31.2 Å². The van der Waals surface area contributed by atoms with Gasteiger partial charge in [-0.3, -0.25) is 4.79 Å². The van der Waals surface area contributed by atoms with Crippen LogP contribution in [0.3, 0.4) is 0 Å². The van der Waals surface area contributed by atoms with Gasteiger partial charge in [-0.15, -0.1) is 0 Å². The van der Waals surface area contributed by atoms with Crippen LogP contribution in [-0.2, 0) is 6.54 Å². The van der Waals surface area contributed by atoms with Gasteiger partial charge in [0.05, 0.1) is 0 Å². The molecule has 132 valence electrons. The van der Waals surface area contributed by atoms with Gasteiger partial charge in [-0.2, -0.15) is 5.26 Å². The van der Waals surface area contributed by atoms with Crippen molar-refractivity contribution in [1.82, 2.24) is 9.55 Å². The Morgan fingerprint density at radius 3 is 2.56 bits per heavy atom. The van der Waals surface area contributed by atoms with Crippen molar-refractivity contribution < 1.29 is 0 Å². The van der Waals surface area contributed by atoms with Crippen LogP contribution in [0.2, 0.25) is 0 Å². The Labute approximate surface area is 157 Å². The third-order valence-electron chi connectivity index (χ3n) is 4.84. The number of aryl methyl sites for hydroxylation is 2. The number of nitrogens with zero attached hydrogens (tertiary/aromatic N) is 2. The van der Waals surface area contributed by atoms with Crippen LogP contribution in [0.25, 0.3) is 22.0 Å². The Balaban J connectivity index is 1.82. The molecule has 0 aliphatic heterocycles. The van der Waals surface area contributed by atoms with E-state index in [0.717, 1.165) is 28.7 Å².